The predicted molar refractivity (Wildman–Crippen MR) is 142 cm³/mol. The van der Waals surface area contributed by atoms with Crippen LogP contribution in [0.4, 0.5) is 0 Å². The van der Waals surface area contributed by atoms with Crippen molar-refractivity contribution in [2.45, 2.75) is 132 Å². The van der Waals surface area contributed by atoms with Crippen LogP contribution >= 0.6 is 0 Å². The van der Waals surface area contributed by atoms with E-state index in [4.69, 9.17) is 4.74 Å². The number of hydrogen-bond acceptors (Lipinski definition) is 3. The first kappa shape index (κ1) is 26.1. The molecule has 0 amide bonds. The summed E-state index contributed by atoms with van der Waals surface area (Å²) >= 11 is 0. The number of rotatable bonds is 2. The van der Waals surface area contributed by atoms with Gasteiger partial charge in [-0.05, 0) is 109 Å². The van der Waals surface area contributed by atoms with E-state index in [1.54, 1.807) is 6.92 Å². The van der Waals surface area contributed by atoms with Crippen molar-refractivity contribution in [2.24, 2.45) is 62.6 Å². The molecule has 3 heteroatoms. The standard InChI is InChI=1S/C32H54O3/c1-19(2)21-12-14-29(6)16-17-30(7)22(27(21)29)10-11-24-31(30,8)15-13-23-28(4,5)25(34)18-26(32(23,24)9)35-20(3)33/h19,21-27,34H,10-18H2,1-9H3/t21-,22?,23?,24?,25?,26?,27?,29-,30-,31-,32-/m1/s1. The fraction of sp³-hybridized carbons (Fsp3) is 0.969. The van der Waals surface area contributed by atoms with E-state index in [2.05, 4.69) is 55.4 Å². The summed E-state index contributed by atoms with van der Waals surface area (Å²) < 4.78 is 6.13. The lowest BCUT2D eigenvalue weighted by Gasteiger charge is -2.73. The van der Waals surface area contributed by atoms with Gasteiger partial charge in [0, 0.05) is 18.8 Å². The Hall–Kier alpha value is -0.570. The van der Waals surface area contributed by atoms with Crippen LogP contribution in [0.25, 0.3) is 0 Å². The van der Waals surface area contributed by atoms with Crippen LogP contribution in [0.3, 0.4) is 0 Å². The number of aliphatic hydroxyl groups is 1. The lowest BCUT2D eigenvalue weighted by atomic mass is 9.32. The van der Waals surface area contributed by atoms with Gasteiger partial charge >= 0.3 is 5.97 Å². The summed E-state index contributed by atoms with van der Waals surface area (Å²) in [6.45, 7) is 21.5. The van der Waals surface area contributed by atoms with Crippen molar-refractivity contribution in [3.63, 3.8) is 0 Å². The average molecular weight is 487 g/mol. The Balaban J connectivity index is 1.58. The smallest absolute Gasteiger partial charge is 0.302 e. The lowest BCUT2D eigenvalue weighted by Crippen LogP contribution is -2.70. The number of esters is 1. The zero-order valence-corrected chi connectivity index (χ0v) is 24.2. The highest BCUT2D eigenvalue weighted by Gasteiger charge is 2.72. The van der Waals surface area contributed by atoms with Gasteiger partial charge in [-0.1, -0.05) is 55.4 Å². The molecule has 0 aromatic carbocycles. The van der Waals surface area contributed by atoms with Crippen LogP contribution in [0.1, 0.15) is 120 Å². The second kappa shape index (κ2) is 7.97. The van der Waals surface area contributed by atoms with Gasteiger partial charge in [0.2, 0.25) is 0 Å². The topological polar surface area (TPSA) is 46.5 Å². The maximum atomic E-state index is 12.3. The molecule has 0 aliphatic heterocycles. The van der Waals surface area contributed by atoms with Gasteiger partial charge in [-0.25, -0.2) is 0 Å². The van der Waals surface area contributed by atoms with E-state index in [0.29, 0.717) is 29.1 Å². The summed E-state index contributed by atoms with van der Waals surface area (Å²) in [7, 11) is 0. The lowest BCUT2D eigenvalue weighted by molar-refractivity contribution is -0.277. The average Bonchev–Trinajstić information content (AvgIpc) is 3.10. The molecule has 0 saturated heterocycles. The molecule has 0 bridgehead atoms. The summed E-state index contributed by atoms with van der Waals surface area (Å²) in [6, 6.07) is 0. The summed E-state index contributed by atoms with van der Waals surface area (Å²) in [6.07, 6.45) is 10.6. The molecule has 35 heavy (non-hydrogen) atoms. The summed E-state index contributed by atoms with van der Waals surface area (Å²) in [5.41, 5.74) is 0.892. The van der Waals surface area contributed by atoms with Crippen molar-refractivity contribution in [3.8, 4) is 0 Å². The number of carbonyl (C=O) groups is 1. The molecule has 5 rings (SSSR count). The number of hydrogen-bond donors (Lipinski definition) is 1. The molecule has 3 nitrogen and oxygen atoms in total. The van der Waals surface area contributed by atoms with E-state index >= 15 is 0 Å². The Morgan fingerprint density at radius 2 is 1.54 bits per heavy atom. The Bertz CT molecular complexity index is 863. The molecular formula is C32H54O3. The number of carbonyl (C=O) groups excluding carboxylic acids is 1. The molecule has 0 heterocycles. The van der Waals surface area contributed by atoms with Crippen molar-refractivity contribution >= 4 is 5.97 Å². The molecule has 6 unspecified atom stereocenters. The van der Waals surface area contributed by atoms with Gasteiger partial charge in [0.15, 0.2) is 0 Å². The molecule has 0 aromatic heterocycles. The predicted octanol–water partition coefficient (Wildman–Crippen LogP) is 7.65. The highest BCUT2D eigenvalue weighted by Crippen LogP contribution is 2.77. The van der Waals surface area contributed by atoms with Crippen LogP contribution < -0.4 is 0 Å². The molecule has 200 valence electrons. The van der Waals surface area contributed by atoms with Crippen LogP contribution in [0.5, 0.6) is 0 Å². The molecule has 0 aromatic rings. The number of fused-ring (bicyclic) bond motifs is 7. The molecule has 5 aliphatic rings. The third-order valence-electron chi connectivity index (χ3n) is 14.1. The summed E-state index contributed by atoms with van der Waals surface area (Å²) in [4.78, 5) is 12.3. The van der Waals surface area contributed by atoms with E-state index in [9.17, 15) is 9.90 Å². The SMILES string of the molecule is CC(=O)OC1CC(O)C(C)(C)C2CC[C@]3(C)C(CCC4C5[C@@H](C(C)C)CC[C@]5(C)CC[C@]43C)[C@]12C. The van der Waals surface area contributed by atoms with Crippen LogP contribution in [0, 0.1) is 62.6 Å². The van der Waals surface area contributed by atoms with E-state index in [1.807, 2.05) is 0 Å². The van der Waals surface area contributed by atoms with Crippen LogP contribution in [-0.4, -0.2) is 23.3 Å². The Morgan fingerprint density at radius 1 is 0.857 bits per heavy atom. The van der Waals surface area contributed by atoms with Crippen LogP contribution in [0.2, 0.25) is 0 Å². The van der Waals surface area contributed by atoms with E-state index in [0.717, 1.165) is 30.1 Å². The van der Waals surface area contributed by atoms with E-state index < -0.39 is 6.10 Å². The zero-order valence-electron chi connectivity index (χ0n) is 24.2. The van der Waals surface area contributed by atoms with Crippen LogP contribution in [-0.2, 0) is 9.53 Å². The second-order valence-corrected chi connectivity index (χ2v) is 15.8. The Kier molecular flexibility index (Phi) is 5.93. The molecule has 5 fully saturated rings. The first-order valence-electron chi connectivity index (χ1n) is 15.0. The van der Waals surface area contributed by atoms with Crippen LogP contribution in [0.15, 0.2) is 0 Å². The van der Waals surface area contributed by atoms with E-state index in [-0.39, 0.29) is 28.3 Å². The maximum absolute atomic E-state index is 12.3. The first-order chi connectivity index (χ1) is 16.1. The van der Waals surface area contributed by atoms with Crippen molar-refractivity contribution in [3.05, 3.63) is 0 Å². The highest BCUT2D eigenvalue weighted by atomic mass is 16.5. The van der Waals surface area contributed by atoms with Gasteiger partial charge < -0.3 is 9.84 Å². The summed E-state index contributed by atoms with van der Waals surface area (Å²) in [5.74, 6) is 4.05. The second-order valence-electron chi connectivity index (χ2n) is 15.8. The normalized spacial score (nSPS) is 54.9. The highest BCUT2D eigenvalue weighted by molar-refractivity contribution is 5.66. The Morgan fingerprint density at radius 3 is 2.17 bits per heavy atom. The molecule has 0 spiro atoms. The van der Waals surface area contributed by atoms with Gasteiger partial charge in [-0.3, -0.25) is 4.79 Å². The van der Waals surface area contributed by atoms with Gasteiger partial charge in [0.05, 0.1) is 6.10 Å². The first-order valence-corrected chi connectivity index (χ1v) is 15.0. The fourth-order valence-electron chi connectivity index (χ4n) is 12.0. The monoisotopic (exact) mass is 486 g/mol. The molecular weight excluding hydrogens is 432 g/mol. The maximum Gasteiger partial charge on any atom is 0.302 e. The largest absolute Gasteiger partial charge is 0.462 e. The minimum atomic E-state index is -0.415. The van der Waals surface area contributed by atoms with Crippen molar-refractivity contribution in [2.75, 3.05) is 0 Å². The minimum absolute atomic E-state index is 0.0801. The number of aliphatic hydroxyl groups excluding tert-OH is 1. The molecule has 0 radical (unpaired) electrons. The molecule has 1 N–H and O–H groups in total. The third-order valence-corrected chi connectivity index (χ3v) is 14.1. The van der Waals surface area contributed by atoms with Crippen molar-refractivity contribution < 1.29 is 14.6 Å². The third kappa shape index (κ3) is 3.27. The van der Waals surface area contributed by atoms with Gasteiger partial charge in [-0.2, -0.15) is 0 Å². The fourth-order valence-corrected chi connectivity index (χ4v) is 12.0. The molecule has 11 atom stereocenters. The van der Waals surface area contributed by atoms with Gasteiger partial charge in [0.25, 0.3) is 0 Å². The Labute approximate surface area is 215 Å². The number of ether oxygens (including phenoxy) is 1. The van der Waals surface area contributed by atoms with E-state index in [1.165, 1.54) is 44.9 Å². The van der Waals surface area contributed by atoms with Gasteiger partial charge in [0.1, 0.15) is 6.10 Å². The van der Waals surface area contributed by atoms with Gasteiger partial charge in [-0.15, -0.1) is 0 Å². The molecule has 5 aliphatic carbocycles. The quantitative estimate of drug-likeness (QED) is 0.408. The summed E-state index contributed by atoms with van der Waals surface area (Å²) in [5, 5.41) is 11.2. The van der Waals surface area contributed by atoms with Crippen molar-refractivity contribution in [1.29, 1.82) is 0 Å². The minimum Gasteiger partial charge on any atom is -0.462 e. The van der Waals surface area contributed by atoms with Crippen molar-refractivity contribution in [1.82, 2.24) is 0 Å². The molecule has 5 saturated carbocycles. The zero-order chi connectivity index (χ0) is 25.8.